The van der Waals surface area contributed by atoms with Crippen LogP contribution < -0.4 is 21.7 Å². The van der Waals surface area contributed by atoms with Crippen LogP contribution in [-0.2, 0) is 32.0 Å². The first kappa shape index (κ1) is 26.5. The van der Waals surface area contributed by atoms with Crippen molar-refractivity contribution >= 4 is 23.7 Å². The number of carboxylic acids is 1. The zero-order valence-corrected chi connectivity index (χ0v) is 19.4. The van der Waals surface area contributed by atoms with E-state index in [1.54, 1.807) is 0 Å². The highest BCUT2D eigenvalue weighted by molar-refractivity contribution is 5.94. The second-order valence-corrected chi connectivity index (χ2v) is 8.50. The van der Waals surface area contributed by atoms with Gasteiger partial charge in [-0.15, -0.1) is 0 Å². The van der Waals surface area contributed by atoms with Gasteiger partial charge in [0.25, 0.3) is 0 Å². The molecule has 2 heterocycles. The number of hydrogen-bond acceptors (Lipinski definition) is 7. The van der Waals surface area contributed by atoms with Gasteiger partial charge in [-0.05, 0) is 19.3 Å². The molecule has 4 unspecified atom stereocenters. The molecule has 2 rings (SSSR count). The van der Waals surface area contributed by atoms with Crippen LogP contribution in [0.15, 0.2) is 25.0 Å². The molecule has 0 saturated carbocycles. The number of aliphatic carboxylic acids is 1. The monoisotopic (exact) mass is 476 g/mol. The molecule has 13 heteroatoms. The summed E-state index contributed by atoms with van der Waals surface area (Å²) in [5.41, 5.74) is 6.76. The summed E-state index contributed by atoms with van der Waals surface area (Å²) in [5, 5.41) is 17.3. The van der Waals surface area contributed by atoms with Crippen molar-refractivity contribution in [1.82, 2.24) is 35.9 Å². The van der Waals surface area contributed by atoms with Gasteiger partial charge in [0.2, 0.25) is 17.7 Å². The van der Waals surface area contributed by atoms with E-state index in [1.807, 2.05) is 13.8 Å². The Morgan fingerprint density at radius 1 is 0.853 bits per heavy atom. The van der Waals surface area contributed by atoms with E-state index in [2.05, 4.69) is 35.9 Å². The van der Waals surface area contributed by atoms with Crippen LogP contribution in [-0.4, -0.2) is 72.9 Å². The van der Waals surface area contributed by atoms with Gasteiger partial charge in [-0.1, -0.05) is 13.8 Å². The summed E-state index contributed by atoms with van der Waals surface area (Å²) in [6.07, 6.45) is 6.19. The van der Waals surface area contributed by atoms with Crippen LogP contribution >= 0.6 is 0 Å². The van der Waals surface area contributed by atoms with Gasteiger partial charge in [0.1, 0.15) is 18.1 Å². The molecule has 0 spiro atoms. The van der Waals surface area contributed by atoms with Crippen molar-refractivity contribution < 1.29 is 24.3 Å². The Morgan fingerprint density at radius 2 is 1.32 bits per heavy atom. The molecule has 0 saturated heterocycles. The lowest BCUT2D eigenvalue weighted by Crippen LogP contribution is -2.57. The third kappa shape index (κ3) is 8.31. The predicted octanol–water partition coefficient (Wildman–Crippen LogP) is -1.15. The summed E-state index contributed by atoms with van der Waals surface area (Å²) in [7, 11) is 0. The standard InChI is InChI=1S/C21H32N8O5/c1-11(2)4-15(19(31)29-17(21(33)34)6-14-8-24-10-26-14)28-20(32)16(27-18(30)12(3)22)5-13-7-23-9-25-13/h7-12,15-17H,4-6,22H2,1-3H3,(H,23,25)(H,24,26)(H,27,30)(H,28,32)(H,29,31)(H,33,34). The van der Waals surface area contributed by atoms with E-state index in [4.69, 9.17) is 5.73 Å². The molecular formula is C21H32N8O5. The summed E-state index contributed by atoms with van der Waals surface area (Å²) in [5.74, 6) is -3.00. The minimum Gasteiger partial charge on any atom is -0.480 e. The summed E-state index contributed by atoms with van der Waals surface area (Å²) >= 11 is 0. The summed E-state index contributed by atoms with van der Waals surface area (Å²) in [6.45, 7) is 5.22. The fourth-order valence-corrected chi connectivity index (χ4v) is 3.19. The van der Waals surface area contributed by atoms with Gasteiger partial charge < -0.3 is 36.8 Å². The second-order valence-electron chi connectivity index (χ2n) is 8.50. The van der Waals surface area contributed by atoms with Gasteiger partial charge in [0, 0.05) is 36.6 Å². The molecule has 2 aromatic rings. The summed E-state index contributed by atoms with van der Waals surface area (Å²) in [4.78, 5) is 63.3. The first-order valence-electron chi connectivity index (χ1n) is 10.9. The second kappa shape index (κ2) is 12.5. The Bertz CT molecular complexity index is 943. The molecule has 0 fully saturated rings. The summed E-state index contributed by atoms with van der Waals surface area (Å²) < 4.78 is 0. The fraction of sp³-hybridized carbons (Fsp3) is 0.524. The van der Waals surface area contributed by atoms with Crippen LogP contribution in [0.3, 0.4) is 0 Å². The van der Waals surface area contributed by atoms with E-state index < -0.39 is 47.9 Å². The van der Waals surface area contributed by atoms with Crippen molar-refractivity contribution in [3.63, 3.8) is 0 Å². The SMILES string of the molecule is CC(C)CC(NC(=O)C(Cc1cnc[nH]1)NC(=O)C(C)N)C(=O)NC(Cc1cnc[nH]1)C(=O)O. The number of aromatic nitrogens is 4. The van der Waals surface area contributed by atoms with Gasteiger partial charge in [-0.25, -0.2) is 14.8 Å². The van der Waals surface area contributed by atoms with Gasteiger partial charge >= 0.3 is 5.97 Å². The molecule has 3 amide bonds. The Balaban J connectivity index is 2.15. The average molecular weight is 477 g/mol. The maximum atomic E-state index is 13.1. The number of rotatable bonds is 13. The van der Waals surface area contributed by atoms with Crippen molar-refractivity contribution in [1.29, 1.82) is 0 Å². The minimum absolute atomic E-state index is 0.00366. The lowest BCUT2D eigenvalue weighted by molar-refractivity contribution is -0.142. The van der Waals surface area contributed by atoms with E-state index in [9.17, 15) is 24.3 Å². The molecule has 0 aromatic carbocycles. The number of H-pyrrole nitrogens is 2. The topological polar surface area (TPSA) is 208 Å². The van der Waals surface area contributed by atoms with Gasteiger partial charge in [0.15, 0.2) is 0 Å². The highest BCUT2D eigenvalue weighted by Gasteiger charge is 2.31. The minimum atomic E-state index is -1.22. The van der Waals surface area contributed by atoms with Crippen LogP contribution in [0, 0.1) is 5.92 Å². The molecule has 0 aliphatic carbocycles. The molecule has 8 N–H and O–H groups in total. The predicted molar refractivity (Wildman–Crippen MR) is 121 cm³/mol. The normalized spacial score (nSPS) is 14.6. The van der Waals surface area contributed by atoms with Crippen LogP contribution in [0.4, 0.5) is 0 Å². The number of nitrogens with zero attached hydrogens (tertiary/aromatic N) is 2. The Labute approximate surface area is 196 Å². The van der Waals surface area contributed by atoms with Gasteiger partial charge in [0.05, 0.1) is 18.7 Å². The van der Waals surface area contributed by atoms with E-state index in [-0.39, 0.29) is 25.2 Å². The number of carbonyl (C=O) groups is 4. The first-order chi connectivity index (χ1) is 16.1. The molecule has 4 atom stereocenters. The number of carboxylic acid groups (broad SMARTS) is 1. The van der Waals surface area contributed by atoms with Crippen LogP contribution in [0.2, 0.25) is 0 Å². The van der Waals surface area contributed by atoms with E-state index >= 15 is 0 Å². The largest absolute Gasteiger partial charge is 0.480 e. The maximum Gasteiger partial charge on any atom is 0.326 e. The lowest BCUT2D eigenvalue weighted by Gasteiger charge is -2.25. The number of nitrogens with one attached hydrogen (secondary N) is 5. The third-order valence-corrected chi connectivity index (χ3v) is 4.96. The Morgan fingerprint density at radius 3 is 1.76 bits per heavy atom. The quantitative estimate of drug-likeness (QED) is 0.187. The highest BCUT2D eigenvalue weighted by atomic mass is 16.4. The molecule has 13 nitrogen and oxygen atoms in total. The molecule has 34 heavy (non-hydrogen) atoms. The summed E-state index contributed by atoms with van der Waals surface area (Å²) in [6, 6.07) is -4.11. The van der Waals surface area contributed by atoms with Gasteiger partial charge in [-0.3, -0.25) is 14.4 Å². The van der Waals surface area contributed by atoms with Crippen LogP contribution in [0.5, 0.6) is 0 Å². The van der Waals surface area contributed by atoms with Gasteiger partial charge in [-0.2, -0.15) is 0 Å². The number of amides is 3. The highest BCUT2D eigenvalue weighted by Crippen LogP contribution is 2.08. The van der Waals surface area contributed by atoms with Crippen molar-refractivity contribution in [3.05, 3.63) is 36.4 Å². The molecular weight excluding hydrogens is 444 g/mol. The van der Waals surface area contributed by atoms with Crippen molar-refractivity contribution in [3.8, 4) is 0 Å². The van der Waals surface area contributed by atoms with E-state index in [0.29, 0.717) is 11.4 Å². The van der Waals surface area contributed by atoms with E-state index in [1.165, 1.54) is 32.0 Å². The zero-order chi connectivity index (χ0) is 25.3. The third-order valence-electron chi connectivity index (χ3n) is 4.96. The zero-order valence-electron chi connectivity index (χ0n) is 19.4. The molecule has 0 radical (unpaired) electrons. The van der Waals surface area contributed by atoms with Crippen LogP contribution in [0.25, 0.3) is 0 Å². The Kier molecular flexibility index (Phi) is 9.74. The molecule has 0 aliphatic rings. The average Bonchev–Trinajstić information content (AvgIpc) is 3.45. The fourth-order valence-electron chi connectivity index (χ4n) is 3.19. The maximum absolute atomic E-state index is 13.1. The smallest absolute Gasteiger partial charge is 0.326 e. The van der Waals surface area contributed by atoms with E-state index in [0.717, 1.165) is 0 Å². The lowest BCUT2D eigenvalue weighted by atomic mass is 10.0. The Hall–Kier alpha value is -3.74. The molecule has 2 aromatic heterocycles. The number of carbonyl (C=O) groups excluding carboxylic acids is 3. The molecule has 0 aliphatic heterocycles. The number of hydrogen-bond donors (Lipinski definition) is 7. The number of aromatic amines is 2. The molecule has 186 valence electrons. The number of imidazole rings is 2. The first-order valence-corrected chi connectivity index (χ1v) is 10.9. The van der Waals surface area contributed by atoms with Crippen molar-refractivity contribution in [2.75, 3.05) is 0 Å². The number of nitrogens with two attached hydrogens (primary N) is 1. The van der Waals surface area contributed by atoms with Crippen molar-refractivity contribution in [2.24, 2.45) is 11.7 Å². The van der Waals surface area contributed by atoms with Crippen LogP contribution in [0.1, 0.15) is 38.6 Å². The molecule has 0 bridgehead atoms. The van der Waals surface area contributed by atoms with Crippen molar-refractivity contribution in [2.45, 2.75) is 64.2 Å².